The highest BCUT2D eigenvalue weighted by Gasteiger charge is 2.12. The number of rotatable bonds is 5. The van der Waals surface area contributed by atoms with Crippen molar-refractivity contribution in [3.05, 3.63) is 42.0 Å². The van der Waals surface area contributed by atoms with Crippen LogP contribution in [0.1, 0.15) is 10.4 Å². The zero-order chi connectivity index (χ0) is 15.4. The Bertz CT molecular complexity index is 648. The van der Waals surface area contributed by atoms with Crippen LogP contribution in [0.15, 0.2) is 36.4 Å². The average molecular weight is 288 g/mol. The molecule has 4 N–H and O–H groups in total. The van der Waals surface area contributed by atoms with Crippen molar-refractivity contribution in [3.8, 4) is 23.0 Å². The summed E-state index contributed by atoms with van der Waals surface area (Å²) in [6.07, 6.45) is 0. The highest BCUT2D eigenvalue weighted by Crippen LogP contribution is 2.32. The van der Waals surface area contributed by atoms with Gasteiger partial charge in [0.25, 0.3) is 5.91 Å². The first-order valence-electron chi connectivity index (χ1n) is 6.13. The maximum atomic E-state index is 11.4. The van der Waals surface area contributed by atoms with E-state index < -0.39 is 5.91 Å². The molecule has 2 rings (SSSR count). The van der Waals surface area contributed by atoms with Gasteiger partial charge in [-0.05, 0) is 18.2 Å². The summed E-state index contributed by atoms with van der Waals surface area (Å²) >= 11 is 0. The lowest BCUT2D eigenvalue weighted by molar-refractivity contribution is 0.0998. The van der Waals surface area contributed by atoms with Crippen LogP contribution in [-0.4, -0.2) is 20.1 Å². The molecule has 0 aliphatic rings. The standard InChI is InChI=1S/C15H16N2O4/c1-19-10-6-11(20-2)8-12(7-10)21-14-4-3-9(16)5-13(14)15(17)18/h3-8H,16H2,1-2H3,(H2,17,18). The number of nitrogen functional groups attached to an aromatic ring is 1. The van der Waals surface area contributed by atoms with Gasteiger partial charge in [-0.25, -0.2) is 0 Å². The molecular weight excluding hydrogens is 272 g/mol. The van der Waals surface area contributed by atoms with Crippen molar-refractivity contribution < 1.29 is 19.0 Å². The molecule has 110 valence electrons. The van der Waals surface area contributed by atoms with E-state index in [1.165, 1.54) is 20.3 Å². The Hall–Kier alpha value is -2.89. The second kappa shape index (κ2) is 6.04. The first-order valence-corrected chi connectivity index (χ1v) is 6.13. The smallest absolute Gasteiger partial charge is 0.252 e. The quantitative estimate of drug-likeness (QED) is 0.822. The number of nitrogens with two attached hydrogens (primary N) is 2. The van der Waals surface area contributed by atoms with Gasteiger partial charge < -0.3 is 25.7 Å². The van der Waals surface area contributed by atoms with Crippen LogP contribution in [0, 0.1) is 0 Å². The maximum Gasteiger partial charge on any atom is 0.252 e. The van der Waals surface area contributed by atoms with Crippen LogP contribution in [0.3, 0.4) is 0 Å². The second-order valence-electron chi connectivity index (χ2n) is 4.27. The van der Waals surface area contributed by atoms with Crippen LogP contribution in [0.25, 0.3) is 0 Å². The fourth-order valence-electron chi connectivity index (χ4n) is 1.80. The topological polar surface area (TPSA) is 96.8 Å². The molecule has 0 atom stereocenters. The van der Waals surface area contributed by atoms with Crippen molar-refractivity contribution in [2.45, 2.75) is 0 Å². The molecular formula is C15H16N2O4. The van der Waals surface area contributed by atoms with Crippen LogP contribution in [-0.2, 0) is 0 Å². The SMILES string of the molecule is COc1cc(OC)cc(Oc2ccc(N)cc2C(N)=O)c1. The van der Waals surface area contributed by atoms with Gasteiger partial charge >= 0.3 is 0 Å². The molecule has 0 saturated carbocycles. The van der Waals surface area contributed by atoms with Gasteiger partial charge in [0.1, 0.15) is 23.0 Å². The first-order chi connectivity index (χ1) is 10.0. The Morgan fingerprint density at radius 1 is 0.952 bits per heavy atom. The lowest BCUT2D eigenvalue weighted by Gasteiger charge is -2.12. The van der Waals surface area contributed by atoms with Crippen LogP contribution in [0.5, 0.6) is 23.0 Å². The molecule has 0 aliphatic heterocycles. The summed E-state index contributed by atoms with van der Waals surface area (Å²) in [6, 6.07) is 9.73. The molecule has 1 amide bonds. The fourth-order valence-corrected chi connectivity index (χ4v) is 1.80. The van der Waals surface area contributed by atoms with E-state index in [2.05, 4.69) is 0 Å². The summed E-state index contributed by atoms with van der Waals surface area (Å²) in [6.45, 7) is 0. The highest BCUT2D eigenvalue weighted by molar-refractivity contribution is 5.96. The van der Waals surface area contributed by atoms with Crippen molar-refractivity contribution >= 4 is 11.6 Å². The van der Waals surface area contributed by atoms with Gasteiger partial charge in [-0.15, -0.1) is 0 Å². The Balaban J connectivity index is 2.40. The Labute approximate surface area is 122 Å². The molecule has 0 saturated heterocycles. The number of hydrogen-bond donors (Lipinski definition) is 2. The number of primary amides is 1. The van der Waals surface area contributed by atoms with E-state index in [0.717, 1.165) is 0 Å². The largest absolute Gasteiger partial charge is 0.496 e. The normalized spacial score (nSPS) is 10.0. The van der Waals surface area contributed by atoms with Crippen molar-refractivity contribution in [2.75, 3.05) is 20.0 Å². The minimum Gasteiger partial charge on any atom is -0.496 e. The molecule has 0 radical (unpaired) electrons. The molecule has 0 unspecified atom stereocenters. The Morgan fingerprint density at radius 3 is 2.05 bits per heavy atom. The lowest BCUT2D eigenvalue weighted by atomic mass is 10.1. The van der Waals surface area contributed by atoms with Crippen molar-refractivity contribution in [3.63, 3.8) is 0 Å². The summed E-state index contributed by atoms with van der Waals surface area (Å²) < 4.78 is 16.0. The molecule has 0 aliphatic carbocycles. The van der Waals surface area contributed by atoms with E-state index in [4.69, 9.17) is 25.7 Å². The molecule has 6 heteroatoms. The summed E-state index contributed by atoms with van der Waals surface area (Å²) in [4.78, 5) is 11.4. The molecule has 0 aromatic heterocycles. The predicted octanol–water partition coefficient (Wildman–Crippen LogP) is 2.18. The molecule has 6 nitrogen and oxygen atoms in total. The summed E-state index contributed by atoms with van der Waals surface area (Å²) in [7, 11) is 3.08. The van der Waals surface area contributed by atoms with Crippen LogP contribution in [0.4, 0.5) is 5.69 Å². The van der Waals surface area contributed by atoms with Gasteiger partial charge in [0.05, 0.1) is 19.8 Å². The van der Waals surface area contributed by atoms with Gasteiger partial charge in [-0.2, -0.15) is 0 Å². The predicted molar refractivity (Wildman–Crippen MR) is 79.0 cm³/mol. The minimum absolute atomic E-state index is 0.205. The zero-order valence-electron chi connectivity index (χ0n) is 11.8. The number of amides is 1. The van der Waals surface area contributed by atoms with E-state index in [1.807, 2.05) is 0 Å². The summed E-state index contributed by atoms with van der Waals surface area (Å²) in [5.41, 5.74) is 11.6. The third-order valence-corrected chi connectivity index (χ3v) is 2.82. The molecule has 21 heavy (non-hydrogen) atoms. The summed E-state index contributed by atoms with van der Waals surface area (Å²) in [5, 5.41) is 0. The Kier molecular flexibility index (Phi) is 4.18. The zero-order valence-corrected chi connectivity index (χ0v) is 11.8. The monoisotopic (exact) mass is 288 g/mol. The van der Waals surface area contributed by atoms with Gasteiger partial charge in [0, 0.05) is 23.9 Å². The van der Waals surface area contributed by atoms with Crippen LogP contribution >= 0.6 is 0 Å². The number of methoxy groups -OCH3 is 2. The lowest BCUT2D eigenvalue weighted by Crippen LogP contribution is -2.12. The van der Waals surface area contributed by atoms with E-state index in [-0.39, 0.29) is 5.56 Å². The van der Waals surface area contributed by atoms with Gasteiger partial charge in [-0.3, -0.25) is 4.79 Å². The third-order valence-electron chi connectivity index (χ3n) is 2.82. The molecule has 2 aromatic carbocycles. The number of anilines is 1. The van der Waals surface area contributed by atoms with Gasteiger partial charge in [0.2, 0.25) is 0 Å². The molecule has 2 aromatic rings. The number of carbonyl (C=O) groups excluding carboxylic acids is 1. The second-order valence-corrected chi connectivity index (χ2v) is 4.27. The minimum atomic E-state index is -0.618. The number of hydrogen-bond acceptors (Lipinski definition) is 5. The third kappa shape index (κ3) is 3.36. The van der Waals surface area contributed by atoms with E-state index in [9.17, 15) is 4.79 Å². The number of carbonyl (C=O) groups is 1. The first kappa shape index (κ1) is 14.5. The van der Waals surface area contributed by atoms with Gasteiger partial charge in [0.15, 0.2) is 0 Å². The van der Waals surface area contributed by atoms with E-state index in [0.29, 0.717) is 28.7 Å². The van der Waals surface area contributed by atoms with E-state index >= 15 is 0 Å². The van der Waals surface area contributed by atoms with Crippen molar-refractivity contribution in [2.24, 2.45) is 5.73 Å². The van der Waals surface area contributed by atoms with Crippen molar-refractivity contribution in [1.29, 1.82) is 0 Å². The Morgan fingerprint density at radius 2 is 1.52 bits per heavy atom. The summed E-state index contributed by atoms with van der Waals surface area (Å²) in [5.74, 6) is 1.29. The number of ether oxygens (including phenoxy) is 3. The van der Waals surface area contributed by atoms with Gasteiger partial charge in [-0.1, -0.05) is 0 Å². The molecule has 0 fully saturated rings. The maximum absolute atomic E-state index is 11.4. The van der Waals surface area contributed by atoms with Crippen LogP contribution in [0.2, 0.25) is 0 Å². The fraction of sp³-hybridized carbons (Fsp3) is 0.133. The van der Waals surface area contributed by atoms with E-state index in [1.54, 1.807) is 30.3 Å². The highest BCUT2D eigenvalue weighted by atomic mass is 16.5. The molecule has 0 bridgehead atoms. The number of benzene rings is 2. The molecule has 0 heterocycles. The average Bonchev–Trinajstić information content (AvgIpc) is 2.48. The molecule has 0 spiro atoms. The van der Waals surface area contributed by atoms with Crippen molar-refractivity contribution in [1.82, 2.24) is 0 Å². The van der Waals surface area contributed by atoms with Crippen LogP contribution < -0.4 is 25.7 Å².